The Bertz CT molecular complexity index is 1150. The smallest absolute Gasteiger partial charge is 0.131 e. The van der Waals surface area contributed by atoms with Gasteiger partial charge in [-0.1, -0.05) is 31.0 Å². The molecule has 5 N–H and O–H groups in total. The van der Waals surface area contributed by atoms with E-state index >= 15 is 0 Å². The summed E-state index contributed by atoms with van der Waals surface area (Å²) >= 11 is 0. The highest BCUT2D eigenvalue weighted by atomic mass is 16.5. The SMILES string of the molecule is C#CCOCCOCCOc1ccc(-c2c(N)ncc(-c3ccc(N)c(C=N)c3)c2CC)cc1. The molecule has 3 rings (SSSR count). The number of terminal acetylenes is 1. The summed E-state index contributed by atoms with van der Waals surface area (Å²) in [5, 5.41) is 7.61. The topological polar surface area (TPSA) is 116 Å². The molecule has 0 saturated heterocycles. The Morgan fingerprint density at radius 1 is 1.00 bits per heavy atom. The Balaban J connectivity index is 1.74. The van der Waals surface area contributed by atoms with E-state index in [2.05, 4.69) is 17.8 Å². The van der Waals surface area contributed by atoms with Crippen LogP contribution in [0.2, 0.25) is 0 Å². The fourth-order valence-electron chi connectivity index (χ4n) is 3.66. The van der Waals surface area contributed by atoms with E-state index in [1.165, 1.54) is 6.21 Å². The van der Waals surface area contributed by atoms with Gasteiger partial charge in [-0.3, -0.25) is 0 Å². The molecule has 0 radical (unpaired) electrons. The van der Waals surface area contributed by atoms with E-state index in [9.17, 15) is 0 Å². The van der Waals surface area contributed by atoms with Crippen molar-refractivity contribution in [1.29, 1.82) is 5.41 Å². The summed E-state index contributed by atoms with van der Waals surface area (Å²) < 4.78 is 16.4. The van der Waals surface area contributed by atoms with Crippen LogP contribution in [0.3, 0.4) is 0 Å². The van der Waals surface area contributed by atoms with Gasteiger partial charge in [-0.05, 0) is 47.4 Å². The van der Waals surface area contributed by atoms with Gasteiger partial charge in [0.1, 0.15) is 24.8 Å². The monoisotopic (exact) mass is 458 g/mol. The third-order valence-electron chi connectivity index (χ3n) is 5.32. The van der Waals surface area contributed by atoms with Crippen LogP contribution >= 0.6 is 0 Å². The van der Waals surface area contributed by atoms with Crippen molar-refractivity contribution in [2.75, 3.05) is 44.5 Å². The van der Waals surface area contributed by atoms with Gasteiger partial charge in [-0.2, -0.15) is 0 Å². The predicted molar refractivity (Wildman–Crippen MR) is 137 cm³/mol. The molecule has 7 nitrogen and oxygen atoms in total. The van der Waals surface area contributed by atoms with Crippen molar-refractivity contribution in [3.05, 3.63) is 59.8 Å². The number of rotatable bonds is 12. The van der Waals surface area contributed by atoms with E-state index in [1.54, 1.807) is 6.20 Å². The van der Waals surface area contributed by atoms with Crippen molar-refractivity contribution in [3.8, 4) is 40.3 Å². The van der Waals surface area contributed by atoms with Crippen LogP contribution in [0.1, 0.15) is 18.1 Å². The molecule has 7 heteroatoms. The molecule has 0 aliphatic heterocycles. The van der Waals surface area contributed by atoms with E-state index in [0.29, 0.717) is 50.1 Å². The van der Waals surface area contributed by atoms with Gasteiger partial charge < -0.3 is 31.1 Å². The van der Waals surface area contributed by atoms with Crippen molar-refractivity contribution in [2.45, 2.75) is 13.3 Å². The second-order valence-electron chi connectivity index (χ2n) is 7.49. The minimum absolute atomic E-state index is 0.291. The van der Waals surface area contributed by atoms with Crippen LogP contribution in [-0.2, 0) is 15.9 Å². The average Bonchev–Trinajstić information content (AvgIpc) is 2.86. The zero-order chi connectivity index (χ0) is 24.3. The highest BCUT2D eigenvalue weighted by Crippen LogP contribution is 2.37. The first-order chi connectivity index (χ1) is 16.6. The van der Waals surface area contributed by atoms with Gasteiger partial charge in [0, 0.05) is 34.8 Å². The van der Waals surface area contributed by atoms with E-state index in [1.807, 2.05) is 42.5 Å². The molecule has 0 unspecified atom stereocenters. The fraction of sp³-hybridized carbons (Fsp3) is 0.259. The van der Waals surface area contributed by atoms with Crippen LogP contribution in [-0.4, -0.2) is 44.2 Å². The number of pyridine rings is 1. The number of nitrogens with zero attached hydrogens (tertiary/aromatic N) is 1. The maximum atomic E-state index is 7.61. The quantitative estimate of drug-likeness (QED) is 0.162. The minimum Gasteiger partial charge on any atom is -0.491 e. The lowest BCUT2D eigenvalue weighted by atomic mass is 9.91. The van der Waals surface area contributed by atoms with Gasteiger partial charge in [0.2, 0.25) is 0 Å². The number of nitrogens with two attached hydrogens (primary N) is 2. The molecule has 2 aromatic carbocycles. The molecule has 1 heterocycles. The first-order valence-corrected chi connectivity index (χ1v) is 11.1. The summed E-state index contributed by atoms with van der Waals surface area (Å²) in [7, 11) is 0. The van der Waals surface area contributed by atoms with E-state index < -0.39 is 0 Å². The summed E-state index contributed by atoms with van der Waals surface area (Å²) in [4.78, 5) is 4.46. The summed E-state index contributed by atoms with van der Waals surface area (Å²) in [6, 6.07) is 13.4. The van der Waals surface area contributed by atoms with Crippen LogP contribution in [0.4, 0.5) is 11.5 Å². The molecule has 3 aromatic rings. The Morgan fingerprint density at radius 2 is 1.71 bits per heavy atom. The van der Waals surface area contributed by atoms with Gasteiger partial charge in [0.25, 0.3) is 0 Å². The maximum absolute atomic E-state index is 7.61. The molecule has 0 aliphatic carbocycles. The highest BCUT2D eigenvalue weighted by molar-refractivity contribution is 5.90. The van der Waals surface area contributed by atoms with Gasteiger partial charge >= 0.3 is 0 Å². The normalized spacial score (nSPS) is 10.6. The zero-order valence-electron chi connectivity index (χ0n) is 19.3. The molecule has 0 spiro atoms. The zero-order valence-corrected chi connectivity index (χ0v) is 19.3. The molecular formula is C27H30N4O3. The maximum Gasteiger partial charge on any atom is 0.131 e. The van der Waals surface area contributed by atoms with Crippen molar-refractivity contribution >= 4 is 17.7 Å². The van der Waals surface area contributed by atoms with Crippen molar-refractivity contribution in [3.63, 3.8) is 0 Å². The number of anilines is 2. The van der Waals surface area contributed by atoms with Gasteiger partial charge in [0.05, 0.1) is 19.8 Å². The number of nitrogens with one attached hydrogen (secondary N) is 1. The Morgan fingerprint density at radius 3 is 2.41 bits per heavy atom. The number of ether oxygens (including phenoxy) is 3. The summed E-state index contributed by atoms with van der Waals surface area (Å²) in [6.45, 7) is 4.21. The first kappa shape index (κ1) is 24.8. The van der Waals surface area contributed by atoms with Crippen LogP contribution in [0.15, 0.2) is 48.7 Å². The lowest BCUT2D eigenvalue weighted by Crippen LogP contribution is -2.10. The van der Waals surface area contributed by atoms with E-state index in [0.717, 1.165) is 40.0 Å². The van der Waals surface area contributed by atoms with Crippen LogP contribution < -0.4 is 16.2 Å². The molecule has 34 heavy (non-hydrogen) atoms. The van der Waals surface area contributed by atoms with Crippen molar-refractivity contribution < 1.29 is 14.2 Å². The first-order valence-electron chi connectivity index (χ1n) is 11.1. The molecule has 0 atom stereocenters. The van der Waals surface area contributed by atoms with Crippen LogP contribution in [0, 0.1) is 17.8 Å². The number of nitrogen functional groups attached to an aromatic ring is 2. The van der Waals surface area contributed by atoms with Crippen molar-refractivity contribution in [2.24, 2.45) is 0 Å². The fourth-order valence-corrected chi connectivity index (χ4v) is 3.66. The molecule has 0 saturated carbocycles. The Hall–Kier alpha value is -3.86. The lowest BCUT2D eigenvalue weighted by Gasteiger charge is -2.17. The summed E-state index contributed by atoms with van der Waals surface area (Å²) in [6.07, 6.45) is 8.93. The second kappa shape index (κ2) is 12.4. The summed E-state index contributed by atoms with van der Waals surface area (Å²) in [5.74, 6) is 3.62. The molecule has 0 fully saturated rings. The number of hydrogen-bond donors (Lipinski definition) is 3. The van der Waals surface area contributed by atoms with Gasteiger partial charge in [0.15, 0.2) is 0 Å². The largest absolute Gasteiger partial charge is 0.491 e. The molecule has 0 aliphatic rings. The van der Waals surface area contributed by atoms with E-state index in [-0.39, 0.29) is 0 Å². The summed E-state index contributed by atoms with van der Waals surface area (Å²) in [5.41, 5.74) is 18.4. The second-order valence-corrected chi connectivity index (χ2v) is 7.49. The molecule has 176 valence electrons. The number of aromatic nitrogens is 1. The Labute approximate surface area is 200 Å². The van der Waals surface area contributed by atoms with E-state index in [4.69, 9.17) is 37.5 Å². The van der Waals surface area contributed by atoms with Crippen LogP contribution in [0.5, 0.6) is 5.75 Å². The predicted octanol–water partition coefficient (Wildman–Crippen LogP) is 4.19. The van der Waals surface area contributed by atoms with Crippen LogP contribution in [0.25, 0.3) is 22.3 Å². The number of hydrogen-bond acceptors (Lipinski definition) is 7. The third-order valence-corrected chi connectivity index (χ3v) is 5.32. The average molecular weight is 459 g/mol. The number of benzene rings is 2. The molecule has 0 amide bonds. The van der Waals surface area contributed by atoms with Gasteiger partial charge in [-0.25, -0.2) is 4.98 Å². The molecular weight excluding hydrogens is 428 g/mol. The van der Waals surface area contributed by atoms with Crippen molar-refractivity contribution in [1.82, 2.24) is 4.98 Å². The third kappa shape index (κ3) is 6.13. The van der Waals surface area contributed by atoms with Gasteiger partial charge in [-0.15, -0.1) is 6.42 Å². The molecule has 1 aromatic heterocycles. The standard InChI is InChI=1S/C27H30N4O3/c1-3-11-32-12-13-33-14-15-34-22-8-5-19(6-9-22)26-23(4-2)24(18-31-27(26)30)20-7-10-25(29)21(16-20)17-28/h1,5-10,16-18,28H,4,11-15,29H2,2H3,(H2,30,31). The molecule has 0 bridgehead atoms. The highest BCUT2D eigenvalue weighted by Gasteiger charge is 2.16. The lowest BCUT2D eigenvalue weighted by molar-refractivity contribution is 0.0462. The Kier molecular flexibility index (Phi) is 9.04. The minimum atomic E-state index is 0.291.